The zero-order chi connectivity index (χ0) is 7.98. The van der Waals surface area contributed by atoms with Crippen molar-refractivity contribution in [2.45, 2.75) is 26.7 Å². The number of halogens is 1. The third-order valence-electron chi connectivity index (χ3n) is 1.63. The molecule has 0 heterocycles. The fraction of sp³-hybridized carbons (Fsp3) is 0.750. The fourth-order valence-electron chi connectivity index (χ4n) is 0.574. The van der Waals surface area contributed by atoms with E-state index in [1.807, 2.05) is 6.08 Å². The lowest BCUT2D eigenvalue weighted by molar-refractivity contribution is 0.570. The van der Waals surface area contributed by atoms with Crippen LogP contribution in [0.1, 0.15) is 26.7 Å². The van der Waals surface area contributed by atoms with Crippen molar-refractivity contribution in [2.75, 3.05) is 5.88 Å². The zero-order valence-electron chi connectivity index (χ0n) is 6.73. The van der Waals surface area contributed by atoms with Gasteiger partial charge in [0.2, 0.25) is 0 Å². The van der Waals surface area contributed by atoms with Gasteiger partial charge in [-0.1, -0.05) is 26.3 Å². The summed E-state index contributed by atoms with van der Waals surface area (Å²) < 4.78 is 0. The molecule has 0 aliphatic heterocycles. The van der Waals surface area contributed by atoms with E-state index in [9.17, 15) is 0 Å². The SMILES string of the molecule is CC[C@H](C)C/C=C(/N)CCl. The Kier molecular flexibility index (Phi) is 5.51. The second-order valence-electron chi connectivity index (χ2n) is 2.66. The van der Waals surface area contributed by atoms with Gasteiger partial charge in [0.15, 0.2) is 0 Å². The van der Waals surface area contributed by atoms with Crippen LogP contribution < -0.4 is 5.73 Å². The molecule has 0 unspecified atom stereocenters. The van der Waals surface area contributed by atoms with Gasteiger partial charge < -0.3 is 5.73 Å². The first-order valence-corrected chi connectivity index (χ1v) is 4.24. The van der Waals surface area contributed by atoms with Crippen LogP contribution >= 0.6 is 11.6 Å². The number of alkyl halides is 1. The Labute approximate surface area is 68.2 Å². The van der Waals surface area contributed by atoms with Gasteiger partial charge in [-0.3, -0.25) is 0 Å². The van der Waals surface area contributed by atoms with Crippen molar-refractivity contribution in [1.29, 1.82) is 0 Å². The van der Waals surface area contributed by atoms with Crippen LogP contribution in [0.5, 0.6) is 0 Å². The molecule has 0 aliphatic rings. The van der Waals surface area contributed by atoms with Crippen molar-refractivity contribution in [3.63, 3.8) is 0 Å². The summed E-state index contributed by atoms with van der Waals surface area (Å²) in [5.41, 5.74) is 6.30. The number of rotatable bonds is 4. The predicted octanol–water partition coefficient (Wildman–Crippen LogP) is 2.50. The van der Waals surface area contributed by atoms with Crippen molar-refractivity contribution in [3.05, 3.63) is 11.8 Å². The van der Waals surface area contributed by atoms with Crippen LogP contribution in [0.4, 0.5) is 0 Å². The summed E-state index contributed by atoms with van der Waals surface area (Å²) in [6.07, 6.45) is 4.27. The van der Waals surface area contributed by atoms with Gasteiger partial charge in [-0.15, -0.1) is 11.6 Å². The Balaban J connectivity index is 3.50. The molecule has 10 heavy (non-hydrogen) atoms. The van der Waals surface area contributed by atoms with E-state index in [0.29, 0.717) is 5.88 Å². The molecule has 0 rings (SSSR count). The molecule has 1 atom stereocenters. The van der Waals surface area contributed by atoms with Gasteiger partial charge in [0, 0.05) is 5.70 Å². The van der Waals surface area contributed by atoms with Crippen LogP contribution in [0.25, 0.3) is 0 Å². The monoisotopic (exact) mass is 161 g/mol. The van der Waals surface area contributed by atoms with E-state index >= 15 is 0 Å². The van der Waals surface area contributed by atoms with Gasteiger partial charge >= 0.3 is 0 Å². The lowest BCUT2D eigenvalue weighted by Crippen LogP contribution is -1.99. The Bertz CT molecular complexity index is 110. The van der Waals surface area contributed by atoms with E-state index in [2.05, 4.69) is 13.8 Å². The largest absolute Gasteiger partial charge is 0.401 e. The quantitative estimate of drug-likeness (QED) is 0.630. The van der Waals surface area contributed by atoms with Crippen LogP contribution in [0.3, 0.4) is 0 Å². The minimum Gasteiger partial charge on any atom is -0.401 e. The summed E-state index contributed by atoms with van der Waals surface area (Å²) in [5, 5.41) is 0. The zero-order valence-corrected chi connectivity index (χ0v) is 7.49. The van der Waals surface area contributed by atoms with Gasteiger partial charge in [0.1, 0.15) is 0 Å². The van der Waals surface area contributed by atoms with E-state index in [4.69, 9.17) is 17.3 Å². The average molecular weight is 162 g/mol. The van der Waals surface area contributed by atoms with E-state index in [0.717, 1.165) is 18.0 Å². The molecule has 0 aromatic rings. The molecule has 0 aliphatic carbocycles. The Morgan fingerprint density at radius 3 is 2.70 bits per heavy atom. The topological polar surface area (TPSA) is 26.0 Å². The van der Waals surface area contributed by atoms with Crippen LogP contribution in [0.15, 0.2) is 11.8 Å². The average Bonchev–Trinajstić information content (AvgIpc) is 1.99. The lowest BCUT2D eigenvalue weighted by Gasteiger charge is -2.03. The van der Waals surface area contributed by atoms with Crippen LogP contribution in [-0.4, -0.2) is 5.88 Å². The second kappa shape index (κ2) is 5.60. The molecule has 0 spiro atoms. The molecule has 1 nitrogen and oxygen atoms in total. The Morgan fingerprint density at radius 1 is 1.70 bits per heavy atom. The maximum absolute atomic E-state index is 5.51. The predicted molar refractivity (Wildman–Crippen MR) is 47.1 cm³/mol. The summed E-state index contributed by atoms with van der Waals surface area (Å²) in [6, 6.07) is 0. The van der Waals surface area contributed by atoms with E-state index in [1.165, 1.54) is 6.42 Å². The molecule has 2 N–H and O–H groups in total. The third kappa shape index (κ3) is 4.68. The van der Waals surface area contributed by atoms with Gasteiger partial charge in [-0.25, -0.2) is 0 Å². The lowest BCUT2D eigenvalue weighted by atomic mass is 10.1. The molecule has 0 aromatic heterocycles. The van der Waals surface area contributed by atoms with Crippen molar-refractivity contribution in [2.24, 2.45) is 11.7 Å². The van der Waals surface area contributed by atoms with Crippen LogP contribution in [0.2, 0.25) is 0 Å². The van der Waals surface area contributed by atoms with Crippen molar-refractivity contribution in [3.8, 4) is 0 Å². The molecule has 0 saturated carbocycles. The molecule has 0 aromatic carbocycles. The second-order valence-corrected chi connectivity index (χ2v) is 2.93. The normalized spacial score (nSPS) is 15.3. The Morgan fingerprint density at radius 2 is 2.30 bits per heavy atom. The highest BCUT2D eigenvalue weighted by atomic mass is 35.5. The minimum atomic E-state index is 0.455. The molecular formula is C8H16ClN. The fourth-order valence-corrected chi connectivity index (χ4v) is 0.683. The van der Waals surface area contributed by atoms with E-state index in [1.54, 1.807) is 0 Å². The molecule has 0 radical (unpaired) electrons. The standard InChI is InChI=1S/C8H16ClN/c1-3-7(2)4-5-8(10)6-9/h5,7H,3-4,6,10H2,1-2H3/b8-5+/t7-/m0/s1. The van der Waals surface area contributed by atoms with Crippen LogP contribution in [-0.2, 0) is 0 Å². The van der Waals surface area contributed by atoms with Crippen LogP contribution in [0, 0.1) is 5.92 Å². The highest BCUT2D eigenvalue weighted by molar-refractivity contribution is 6.19. The Hall–Kier alpha value is -0.170. The summed E-state index contributed by atoms with van der Waals surface area (Å²) in [5.74, 6) is 1.18. The molecule has 2 heteroatoms. The molecule has 0 bridgehead atoms. The summed E-state index contributed by atoms with van der Waals surface area (Å²) in [6.45, 7) is 4.38. The maximum Gasteiger partial charge on any atom is 0.0616 e. The summed E-state index contributed by atoms with van der Waals surface area (Å²) in [4.78, 5) is 0. The summed E-state index contributed by atoms with van der Waals surface area (Å²) >= 11 is 5.49. The molecule has 0 fully saturated rings. The first-order chi connectivity index (χ1) is 4.70. The van der Waals surface area contributed by atoms with E-state index in [-0.39, 0.29) is 0 Å². The minimum absolute atomic E-state index is 0.455. The maximum atomic E-state index is 5.51. The molecular weight excluding hydrogens is 146 g/mol. The van der Waals surface area contributed by atoms with Gasteiger partial charge in [0.25, 0.3) is 0 Å². The third-order valence-corrected chi connectivity index (χ3v) is 1.94. The number of nitrogens with two attached hydrogens (primary N) is 1. The van der Waals surface area contributed by atoms with Gasteiger partial charge in [-0.2, -0.15) is 0 Å². The first kappa shape index (κ1) is 9.83. The smallest absolute Gasteiger partial charge is 0.0616 e. The van der Waals surface area contributed by atoms with Crippen molar-refractivity contribution in [1.82, 2.24) is 0 Å². The molecule has 60 valence electrons. The highest BCUT2D eigenvalue weighted by Gasteiger charge is 1.94. The number of allylic oxidation sites excluding steroid dienone is 2. The van der Waals surface area contributed by atoms with Crippen molar-refractivity contribution < 1.29 is 0 Å². The number of hydrogen-bond donors (Lipinski definition) is 1. The van der Waals surface area contributed by atoms with E-state index < -0.39 is 0 Å². The number of hydrogen-bond acceptors (Lipinski definition) is 1. The van der Waals surface area contributed by atoms with Gasteiger partial charge in [-0.05, 0) is 12.3 Å². The summed E-state index contributed by atoms with van der Waals surface area (Å²) in [7, 11) is 0. The molecule has 0 saturated heterocycles. The van der Waals surface area contributed by atoms with Gasteiger partial charge in [0.05, 0.1) is 5.88 Å². The highest BCUT2D eigenvalue weighted by Crippen LogP contribution is 2.07. The first-order valence-electron chi connectivity index (χ1n) is 3.71. The molecule has 0 amide bonds. The van der Waals surface area contributed by atoms with Crippen molar-refractivity contribution >= 4 is 11.6 Å².